The van der Waals surface area contributed by atoms with Gasteiger partial charge in [0.1, 0.15) is 6.07 Å². The van der Waals surface area contributed by atoms with Crippen LogP contribution >= 0.6 is 11.6 Å². The number of aromatic nitrogens is 1. The Bertz CT molecular complexity index is 662. The van der Waals surface area contributed by atoms with E-state index in [0.717, 1.165) is 0 Å². The van der Waals surface area contributed by atoms with Gasteiger partial charge < -0.3 is 5.11 Å². The van der Waals surface area contributed by atoms with Gasteiger partial charge in [0, 0.05) is 11.8 Å². The summed E-state index contributed by atoms with van der Waals surface area (Å²) in [6.45, 7) is 0. The summed E-state index contributed by atoms with van der Waals surface area (Å²) >= 11 is 5.83. The van der Waals surface area contributed by atoms with E-state index in [-0.39, 0.29) is 11.1 Å². The third kappa shape index (κ3) is 2.17. The van der Waals surface area contributed by atoms with Gasteiger partial charge in [0.05, 0.1) is 21.8 Å². The van der Waals surface area contributed by atoms with Crippen molar-refractivity contribution in [1.82, 2.24) is 4.98 Å². The first-order chi connectivity index (χ1) is 8.63. The van der Waals surface area contributed by atoms with Crippen LogP contribution in [0.2, 0.25) is 5.02 Å². The van der Waals surface area contributed by atoms with Crippen LogP contribution in [0.1, 0.15) is 15.9 Å². The molecule has 18 heavy (non-hydrogen) atoms. The summed E-state index contributed by atoms with van der Waals surface area (Å²) in [5.41, 5.74) is 1.24. The molecule has 2 aromatic rings. The predicted octanol–water partition coefficient (Wildman–Crippen LogP) is 2.97. The van der Waals surface area contributed by atoms with Crippen molar-refractivity contribution in [2.45, 2.75) is 0 Å². The van der Waals surface area contributed by atoms with Crippen LogP contribution in [0.3, 0.4) is 0 Å². The molecular formula is C13H7ClN2O2. The normalized spacial score (nSPS) is 9.78. The minimum absolute atomic E-state index is 0.0868. The molecule has 0 aliphatic heterocycles. The molecule has 88 valence electrons. The number of rotatable bonds is 2. The highest BCUT2D eigenvalue weighted by Crippen LogP contribution is 2.25. The molecule has 4 nitrogen and oxygen atoms in total. The molecule has 1 aromatic carbocycles. The molecule has 0 unspecified atom stereocenters. The number of halogens is 1. The molecule has 5 heteroatoms. The smallest absolute Gasteiger partial charge is 0.337 e. The molecule has 2 rings (SSSR count). The molecule has 0 fully saturated rings. The molecule has 0 saturated carbocycles. The van der Waals surface area contributed by atoms with Gasteiger partial charge >= 0.3 is 5.97 Å². The van der Waals surface area contributed by atoms with Crippen LogP contribution in [-0.2, 0) is 0 Å². The van der Waals surface area contributed by atoms with Crippen LogP contribution in [0.5, 0.6) is 0 Å². The fourth-order valence-electron chi connectivity index (χ4n) is 1.57. The molecular weight excluding hydrogens is 252 g/mol. The molecule has 0 atom stereocenters. The lowest BCUT2D eigenvalue weighted by Crippen LogP contribution is -2.01. The first-order valence-electron chi connectivity index (χ1n) is 5.02. The Balaban J connectivity index is 2.63. The summed E-state index contributed by atoms with van der Waals surface area (Å²) in [7, 11) is 0. The topological polar surface area (TPSA) is 74.0 Å². The number of hydrogen-bond donors (Lipinski definition) is 1. The van der Waals surface area contributed by atoms with Gasteiger partial charge in [-0.15, -0.1) is 0 Å². The number of benzene rings is 1. The van der Waals surface area contributed by atoms with E-state index in [1.807, 2.05) is 6.07 Å². The van der Waals surface area contributed by atoms with E-state index in [1.54, 1.807) is 18.2 Å². The van der Waals surface area contributed by atoms with Gasteiger partial charge in [-0.1, -0.05) is 17.7 Å². The molecule has 1 aromatic heterocycles. The zero-order chi connectivity index (χ0) is 13.1. The number of carboxylic acids is 1. The van der Waals surface area contributed by atoms with Gasteiger partial charge in [0.2, 0.25) is 0 Å². The highest BCUT2D eigenvalue weighted by molar-refractivity contribution is 6.31. The maximum atomic E-state index is 11.1. The Morgan fingerprint density at radius 3 is 2.83 bits per heavy atom. The van der Waals surface area contributed by atoms with Crippen molar-refractivity contribution >= 4 is 17.6 Å². The van der Waals surface area contributed by atoms with E-state index in [0.29, 0.717) is 16.3 Å². The average molecular weight is 259 g/mol. The molecule has 0 bridgehead atoms. The predicted molar refractivity (Wildman–Crippen MR) is 66.4 cm³/mol. The Kier molecular flexibility index (Phi) is 3.26. The van der Waals surface area contributed by atoms with Crippen LogP contribution in [0.4, 0.5) is 0 Å². The first kappa shape index (κ1) is 12.1. The van der Waals surface area contributed by atoms with Crippen molar-refractivity contribution in [3.05, 3.63) is 52.7 Å². The summed E-state index contributed by atoms with van der Waals surface area (Å²) in [6.07, 6.45) is 1.50. The molecule has 0 amide bonds. The van der Waals surface area contributed by atoms with E-state index in [4.69, 9.17) is 22.0 Å². The summed E-state index contributed by atoms with van der Waals surface area (Å²) in [5, 5.41) is 18.3. The van der Waals surface area contributed by atoms with Gasteiger partial charge in [-0.05, 0) is 24.3 Å². The highest BCUT2D eigenvalue weighted by atomic mass is 35.5. The van der Waals surface area contributed by atoms with Gasteiger partial charge in [-0.3, -0.25) is 4.98 Å². The zero-order valence-corrected chi connectivity index (χ0v) is 9.85. The summed E-state index contributed by atoms with van der Waals surface area (Å²) in [4.78, 5) is 15.1. The number of nitriles is 1. The van der Waals surface area contributed by atoms with Crippen molar-refractivity contribution in [3.63, 3.8) is 0 Å². The summed E-state index contributed by atoms with van der Waals surface area (Å²) in [6, 6.07) is 9.67. The molecule has 1 heterocycles. The summed E-state index contributed by atoms with van der Waals surface area (Å²) < 4.78 is 0. The third-order valence-corrected chi connectivity index (χ3v) is 2.73. The fraction of sp³-hybridized carbons (Fsp3) is 0. The van der Waals surface area contributed by atoms with Crippen LogP contribution < -0.4 is 0 Å². The lowest BCUT2D eigenvalue weighted by atomic mass is 10.0. The number of aromatic carboxylic acids is 1. The molecule has 1 N–H and O–H groups in total. The van der Waals surface area contributed by atoms with Gasteiger partial charge in [-0.2, -0.15) is 5.26 Å². The third-order valence-electron chi connectivity index (χ3n) is 2.40. The van der Waals surface area contributed by atoms with Gasteiger partial charge in [0.15, 0.2) is 0 Å². The lowest BCUT2D eigenvalue weighted by molar-refractivity contribution is 0.0697. The zero-order valence-electron chi connectivity index (χ0n) is 9.09. The maximum Gasteiger partial charge on any atom is 0.337 e. The Morgan fingerprint density at radius 1 is 1.39 bits per heavy atom. The maximum absolute atomic E-state index is 11.1. The second-order valence-electron chi connectivity index (χ2n) is 3.51. The SMILES string of the molecule is N#Cc1cc(-c2ncccc2C(=O)O)ccc1Cl. The van der Waals surface area contributed by atoms with E-state index in [1.165, 1.54) is 18.3 Å². The summed E-state index contributed by atoms with van der Waals surface area (Å²) in [5.74, 6) is -1.06. The monoisotopic (exact) mass is 258 g/mol. The van der Waals surface area contributed by atoms with E-state index in [9.17, 15) is 4.79 Å². The van der Waals surface area contributed by atoms with Crippen molar-refractivity contribution in [3.8, 4) is 17.3 Å². The van der Waals surface area contributed by atoms with Gasteiger partial charge in [-0.25, -0.2) is 4.79 Å². The molecule has 0 aliphatic rings. The van der Waals surface area contributed by atoms with Crippen molar-refractivity contribution < 1.29 is 9.90 Å². The number of nitrogens with zero attached hydrogens (tertiary/aromatic N) is 2. The lowest BCUT2D eigenvalue weighted by Gasteiger charge is -2.05. The van der Waals surface area contributed by atoms with E-state index >= 15 is 0 Å². The molecule has 0 radical (unpaired) electrons. The standard InChI is InChI=1S/C13H7ClN2O2/c14-11-4-3-8(6-9(11)7-15)12-10(13(17)18)2-1-5-16-12/h1-6H,(H,17,18). The Morgan fingerprint density at radius 2 is 2.17 bits per heavy atom. The average Bonchev–Trinajstić information content (AvgIpc) is 2.39. The van der Waals surface area contributed by atoms with E-state index in [2.05, 4.69) is 4.98 Å². The quantitative estimate of drug-likeness (QED) is 0.899. The van der Waals surface area contributed by atoms with E-state index < -0.39 is 5.97 Å². The fourth-order valence-corrected chi connectivity index (χ4v) is 1.73. The Hall–Kier alpha value is -2.38. The van der Waals surface area contributed by atoms with Crippen LogP contribution in [0.25, 0.3) is 11.3 Å². The van der Waals surface area contributed by atoms with Crippen molar-refractivity contribution in [2.24, 2.45) is 0 Å². The van der Waals surface area contributed by atoms with Crippen LogP contribution in [0.15, 0.2) is 36.5 Å². The number of carboxylic acid groups (broad SMARTS) is 1. The second kappa shape index (κ2) is 4.86. The molecule has 0 saturated heterocycles. The Labute approximate surface area is 108 Å². The largest absolute Gasteiger partial charge is 0.478 e. The molecule has 0 spiro atoms. The van der Waals surface area contributed by atoms with Crippen molar-refractivity contribution in [2.75, 3.05) is 0 Å². The highest BCUT2D eigenvalue weighted by Gasteiger charge is 2.13. The number of carbonyl (C=O) groups is 1. The minimum atomic E-state index is -1.06. The van der Waals surface area contributed by atoms with Crippen LogP contribution in [0, 0.1) is 11.3 Å². The second-order valence-corrected chi connectivity index (χ2v) is 3.92. The number of hydrogen-bond acceptors (Lipinski definition) is 3. The van der Waals surface area contributed by atoms with Gasteiger partial charge in [0.25, 0.3) is 0 Å². The number of pyridine rings is 1. The minimum Gasteiger partial charge on any atom is -0.478 e. The van der Waals surface area contributed by atoms with Crippen molar-refractivity contribution in [1.29, 1.82) is 5.26 Å². The first-order valence-corrected chi connectivity index (χ1v) is 5.39. The molecule has 0 aliphatic carbocycles. The van der Waals surface area contributed by atoms with Crippen LogP contribution in [-0.4, -0.2) is 16.1 Å².